The Bertz CT molecular complexity index is 617. The van der Waals surface area contributed by atoms with E-state index >= 15 is 0 Å². The lowest BCUT2D eigenvalue weighted by molar-refractivity contribution is -0.116. The van der Waals surface area contributed by atoms with Gasteiger partial charge in [0, 0.05) is 10.2 Å². The van der Waals surface area contributed by atoms with E-state index in [0.29, 0.717) is 5.75 Å². The molecule has 110 valence electrons. The molecule has 1 atom stereocenters. The molecule has 0 saturated heterocycles. The fourth-order valence-electron chi connectivity index (χ4n) is 1.86. The van der Waals surface area contributed by atoms with Crippen molar-refractivity contribution >= 4 is 33.2 Å². The number of amides is 1. The first-order valence-electron chi connectivity index (χ1n) is 6.56. The van der Waals surface area contributed by atoms with Crippen molar-refractivity contribution in [2.75, 3.05) is 17.7 Å². The standard InChI is InChI=1S/C16H17BrN2O2/c1-11(16(20)19-13-6-4-3-5-7-13)18-14-10-12(17)8-9-15(14)21-2/h3-11,18H,1-2H3,(H,19,20). The highest BCUT2D eigenvalue weighted by Crippen LogP contribution is 2.28. The summed E-state index contributed by atoms with van der Waals surface area (Å²) in [6.45, 7) is 1.80. The summed E-state index contributed by atoms with van der Waals surface area (Å²) in [5, 5.41) is 6.02. The van der Waals surface area contributed by atoms with Crippen LogP contribution < -0.4 is 15.4 Å². The van der Waals surface area contributed by atoms with Crippen molar-refractivity contribution < 1.29 is 9.53 Å². The van der Waals surface area contributed by atoms with Crippen molar-refractivity contribution in [2.45, 2.75) is 13.0 Å². The monoisotopic (exact) mass is 348 g/mol. The summed E-state index contributed by atoms with van der Waals surface area (Å²) in [5.41, 5.74) is 1.54. The Morgan fingerprint density at radius 3 is 2.57 bits per heavy atom. The van der Waals surface area contributed by atoms with Gasteiger partial charge in [0.15, 0.2) is 0 Å². The maximum absolute atomic E-state index is 12.2. The molecule has 0 saturated carbocycles. The number of anilines is 2. The molecule has 0 aliphatic carbocycles. The van der Waals surface area contributed by atoms with Gasteiger partial charge in [-0.15, -0.1) is 0 Å². The van der Waals surface area contributed by atoms with Crippen LogP contribution in [-0.4, -0.2) is 19.1 Å². The van der Waals surface area contributed by atoms with Crippen LogP contribution in [0.4, 0.5) is 11.4 Å². The number of halogens is 1. The largest absolute Gasteiger partial charge is 0.495 e. The number of ether oxygens (including phenoxy) is 1. The first-order valence-corrected chi connectivity index (χ1v) is 7.35. The lowest BCUT2D eigenvalue weighted by Crippen LogP contribution is -2.32. The van der Waals surface area contributed by atoms with Crippen molar-refractivity contribution in [3.05, 3.63) is 53.0 Å². The van der Waals surface area contributed by atoms with Crippen molar-refractivity contribution in [3.8, 4) is 5.75 Å². The molecule has 5 heteroatoms. The highest BCUT2D eigenvalue weighted by molar-refractivity contribution is 9.10. The first-order chi connectivity index (χ1) is 10.1. The van der Waals surface area contributed by atoms with Crippen LogP contribution in [0.2, 0.25) is 0 Å². The number of hydrogen-bond acceptors (Lipinski definition) is 3. The van der Waals surface area contributed by atoms with E-state index in [9.17, 15) is 4.79 Å². The van der Waals surface area contributed by atoms with E-state index in [2.05, 4.69) is 26.6 Å². The van der Waals surface area contributed by atoms with Gasteiger partial charge < -0.3 is 15.4 Å². The summed E-state index contributed by atoms with van der Waals surface area (Å²) < 4.78 is 6.20. The number of methoxy groups -OCH3 is 1. The second kappa shape index (κ2) is 7.13. The summed E-state index contributed by atoms with van der Waals surface area (Å²) in [6.07, 6.45) is 0. The minimum absolute atomic E-state index is 0.108. The van der Waals surface area contributed by atoms with Crippen LogP contribution in [0.5, 0.6) is 5.75 Å². The van der Waals surface area contributed by atoms with Gasteiger partial charge in [0.2, 0.25) is 5.91 Å². The SMILES string of the molecule is COc1ccc(Br)cc1NC(C)C(=O)Nc1ccccc1. The van der Waals surface area contributed by atoms with Gasteiger partial charge >= 0.3 is 0 Å². The topological polar surface area (TPSA) is 50.4 Å². The third kappa shape index (κ3) is 4.23. The number of carbonyl (C=O) groups is 1. The van der Waals surface area contributed by atoms with E-state index in [1.165, 1.54) is 0 Å². The number of benzene rings is 2. The van der Waals surface area contributed by atoms with Crippen molar-refractivity contribution in [2.24, 2.45) is 0 Å². The fraction of sp³-hybridized carbons (Fsp3) is 0.188. The summed E-state index contributed by atoms with van der Waals surface area (Å²) in [5.74, 6) is 0.584. The van der Waals surface area contributed by atoms with E-state index in [1.807, 2.05) is 48.5 Å². The molecule has 0 aromatic heterocycles. The van der Waals surface area contributed by atoms with Crippen LogP contribution >= 0.6 is 15.9 Å². The Labute approximate surface area is 132 Å². The summed E-state index contributed by atoms with van der Waals surface area (Å²) in [4.78, 5) is 12.2. The Hall–Kier alpha value is -2.01. The molecule has 0 aliphatic rings. The molecule has 4 nitrogen and oxygen atoms in total. The molecule has 0 spiro atoms. The summed E-state index contributed by atoms with van der Waals surface area (Å²) in [6, 6.07) is 14.6. The highest BCUT2D eigenvalue weighted by atomic mass is 79.9. The Morgan fingerprint density at radius 2 is 1.90 bits per heavy atom. The first kappa shape index (κ1) is 15.4. The van der Waals surface area contributed by atoms with Gasteiger partial charge in [0.25, 0.3) is 0 Å². The lowest BCUT2D eigenvalue weighted by Gasteiger charge is -2.17. The van der Waals surface area contributed by atoms with Crippen LogP contribution in [0, 0.1) is 0 Å². The second-order valence-electron chi connectivity index (χ2n) is 4.57. The maximum Gasteiger partial charge on any atom is 0.246 e. The molecule has 2 N–H and O–H groups in total. The highest BCUT2D eigenvalue weighted by Gasteiger charge is 2.15. The van der Waals surface area contributed by atoms with E-state index in [-0.39, 0.29) is 5.91 Å². The zero-order chi connectivity index (χ0) is 15.2. The molecule has 0 radical (unpaired) electrons. The number of nitrogens with one attached hydrogen (secondary N) is 2. The van der Waals surface area contributed by atoms with Crippen molar-refractivity contribution in [3.63, 3.8) is 0 Å². The molecule has 0 heterocycles. The molecule has 2 aromatic rings. The molecular weight excluding hydrogens is 332 g/mol. The van der Waals surface area contributed by atoms with E-state index in [0.717, 1.165) is 15.8 Å². The van der Waals surface area contributed by atoms with Crippen LogP contribution in [-0.2, 0) is 4.79 Å². The van der Waals surface area contributed by atoms with E-state index in [4.69, 9.17) is 4.74 Å². The third-order valence-corrected chi connectivity index (χ3v) is 3.46. The van der Waals surface area contributed by atoms with Gasteiger partial charge in [0.1, 0.15) is 11.8 Å². The Balaban J connectivity index is 2.05. The molecule has 2 rings (SSSR count). The third-order valence-electron chi connectivity index (χ3n) is 2.97. The Kier molecular flexibility index (Phi) is 5.22. The molecular formula is C16H17BrN2O2. The summed E-state index contributed by atoms with van der Waals surface area (Å²) in [7, 11) is 1.60. The lowest BCUT2D eigenvalue weighted by atomic mass is 10.2. The van der Waals surface area contributed by atoms with Gasteiger partial charge in [-0.1, -0.05) is 34.1 Å². The zero-order valence-corrected chi connectivity index (χ0v) is 13.5. The van der Waals surface area contributed by atoms with Crippen LogP contribution in [0.1, 0.15) is 6.92 Å². The number of carbonyl (C=O) groups excluding carboxylic acids is 1. The summed E-state index contributed by atoms with van der Waals surface area (Å²) >= 11 is 3.41. The molecule has 21 heavy (non-hydrogen) atoms. The van der Waals surface area contributed by atoms with Crippen LogP contribution in [0.25, 0.3) is 0 Å². The molecule has 0 aliphatic heterocycles. The van der Waals surface area contributed by atoms with Gasteiger partial charge in [-0.05, 0) is 37.3 Å². The molecule has 0 fully saturated rings. The average molecular weight is 349 g/mol. The molecule has 0 bridgehead atoms. The molecule has 1 unspecified atom stereocenters. The maximum atomic E-state index is 12.2. The van der Waals surface area contributed by atoms with Crippen molar-refractivity contribution in [1.29, 1.82) is 0 Å². The van der Waals surface area contributed by atoms with E-state index < -0.39 is 6.04 Å². The van der Waals surface area contributed by atoms with E-state index in [1.54, 1.807) is 14.0 Å². The smallest absolute Gasteiger partial charge is 0.246 e. The van der Waals surface area contributed by atoms with Crippen LogP contribution in [0.3, 0.4) is 0 Å². The second-order valence-corrected chi connectivity index (χ2v) is 5.48. The normalized spacial score (nSPS) is 11.6. The van der Waals surface area contributed by atoms with Gasteiger partial charge in [-0.2, -0.15) is 0 Å². The van der Waals surface area contributed by atoms with Crippen LogP contribution in [0.15, 0.2) is 53.0 Å². The average Bonchev–Trinajstić information content (AvgIpc) is 2.48. The fourth-order valence-corrected chi connectivity index (χ4v) is 2.22. The number of rotatable bonds is 5. The zero-order valence-electron chi connectivity index (χ0n) is 11.9. The molecule has 2 aromatic carbocycles. The van der Waals surface area contributed by atoms with Gasteiger partial charge in [0.05, 0.1) is 12.8 Å². The number of hydrogen-bond donors (Lipinski definition) is 2. The minimum Gasteiger partial charge on any atom is -0.495 e. The minimum atomic E-state index is -0.395. The predicted octanol–water partition coefficient (Wildman–Crippen LogP) is 3.90. The van der Waals surface area contributed by atoms with Gasteiger partial charge in [-0.3, -0.25) is 4.79 Å². The van der Waals surface area contributed by atoms with Gasteiger partial charge in [-0.25, -0.2) is 0 Å². The van der Waals surface area contributed by atoms with Crippen molar-refractivity contribution in [1.82, 2.24) is 0 Å². The quantitative estimate of drug-likeness (QED) is 0.861. The Morgan fingerprint density at radius 1 is 1.19 bits per heavy atom. The predicted molar refractivity (Wildman–Crippen MR) is 88.9 cm³/mol. The molecule has 1 amide bonds. The number of para-hydroxylation sites is 1.